The Morgan fingerprint density at radius 3 is 2.88 bits per heavy atom. The maximum atomic E-state index is 11.2. The van der Waals surface area contributed by atoms with Gasteiger partial charge in [0.05, 0.1) is 13.2 Å². The van der Waals surface area contributed by atoms with E-state index in [0.717, 1.165) is 6.66 Å². The van der Waals surface area contributed by atoms with Crippen molar-refractivity contribution in [3.05, 3.63) is 0 Å². The van der Waals surface area contributed by atoms with E-state index in [1.165, 1.54) is 7.11 Å². The molecule has 0 aromatic rings. The van der Waals surface area contributed by atoms with Crippen LogP contribution in [0.25, 0.3) is 0 Å². The van der Waals surface area contributed by atoms with Crippen molar-refractivity contribution in [2.24, 2.45) is 0 Å². The minimum atomic E-state index is -3.86. The second-order valence-corrected chi connectivity index (χ2v) is 5.91. The van der Waals surface area contributed by atoms with Gasteiger partial charge in [0.25, 0.3) is 0 Å². The summed E-state index contributed by atoms with van der Waals surface area (Å²) in [5, 5.41) is 0. The number of rotatable bonds is 4. The first kappa shape index (κ1) is 12.5. The molecule has 2 aliphatic heterocycles. The van der Waals surface area contributed by atoms with E-state index >= 15 is 0 Å². The molecule has 2 heterocycles. The average molecular weight is 247 g/mol. The third-order valence-electron chi connectivity index (χ3n) is 2.73. The Hall–Kier alpha value is 0.0949. The molecule has 16 heavy (non-hydrogen) atoms. The summed E-state index contributed by atoms with van der Waals surface area (Å²) in [6.45, 7) is 1.42. The van der Waals surface area contributed by atoms with Crippen molar-refractivity contribution in [1.29, 1.82) is 0 Å². The third kappa shape index (κ3) is 2.08. The van der Waals surface area contributed by atoms with Crippen molar-refractivity contribution >= 4 is 15.4 Å². The normalized spacial score (nSPS) is 45.8. The van der Waals surface area contributed by atoms with Crippen molar-refractivity contribution in [2.45, 2.75) is 23.8 Å². The summed E-state index contributed by atoms with van der Waals surface area (Å²) in [6, 6.07) is -0.680. The van der Waals surface area contributed by atoms with E-state index in [2.05, 4.69) is 0 Å². The smallest absolute Gasteiger partial charge is 0.143 e. The lowest BCUT2D eigenvalue weighted by molar-refractivity contribution is -0.205. The minimum absolute atomic E-state index is 0.182. The standard InChI is InChI=1S/C8H14BO6P/c1-12-3-8-4-13-5(7(9)14-8)6(8)15-16(2,10)11/h5-7H,3-4H2,1-2H3,(H,10,11)/p-1/t5?,6-,7?,8?/m1/s1. The monoisotopic (exact) mass is 247 g/mol. The molecule has 0 aromatic heterocycles. The van der Waals surface area contributed by atoms with Crippen LogP contribution >= 0.6 is 7.60 Å². The molecule has 2 saturated heterocycles. The number of methoxy groups -OCH3 is 1. The summed E-state index contributed by atoms with van der Waals surface area (Å²) in [7, 11) is 3.30. The van der Waals surface area contributed by atoms with Crippen LogP contribution in [-0.4, -0.2) is 58.6 Å². The van der Waals surface area contributed by atoms with Crippen LogP contribution in [0.3, 0.4) is 0 Å². The van der Waals surface area contributed by atoms with E-state index in [0.29, 0.717) is 0 Å². The van der Waals surface area contributed by atoms with E-state index < -0.39 is 31.4 Å². The van der Waals surface area contributed by atoms with E-state index in [1.54, 1.807) is 0 Å². The highest BCUT2D eigenvalue weighted by Crippen LogP contribution is 2.47. The maximum absolute atomic E-state index is 11.2. The lowest BCUT2D eigenvalue weighted by Crippen LogP contribution is -2.46. The van der Waals surface area contributed by atoms with E-state index in [4.69, 9.17) is 26.6 Å². The molecule has 6 nitrogen and oxygen atoms in total. The molecule has 90 valence electrons. The zero-order valence-corrected chi connectivity index (χ0v) is 10.0. The number of ether oxygens (including phenoxy) is 3. The summed E-state index contributed by atoms with van der Waals surface area (Å²) in [5.74, 6) is 0. The summed E-state index contributed by atoms with van der Waals surface area (Å²) in [6.07, 6.45) is -1.28. The molecule has 8 heteroatoms. The van der Waals surface area contributed by atoms with Gasteiger partial charge in [-0.05, 0) is 0 Å². The topological polar surface area (TPSA) is 77.0 Å². The first-order valence-electron chi connectivity index (χ1n) is 4.89. The fourth-order valence-electron chi connectivity index (χ4n) is 2.18. The summed E-state index contributed by atoms with van der Waals surface area (Å²) < 4.78 is 32.0. The minimum Gasteiger partial charge on any atom is -0.779 e. The van der Waals surface area contributed by atoms with Gasteiger partial charge in [-0.15, -0.1) is 0 Å². The Bertz CT molecular complexity index is 320. The molecule has 2 fully saturated rings. The molecule has 2 radical (unpaired) electrons. The molecular formula is C8H13BO6P-. The molecule has 0 aromatic carbocycles. The molecule has 2 bridgehead atoms. The van der Waals surface area contributed by atoms with Gasteiger partial charge in [-0.2, -0.15) is 0 Å². The van der Waals surface area contributed by atoms with Gasteiger partial charge in [0.2, 0.25) is 0 Å². The fraction of sp³-hybridized carbons (Fsp3) is 1.00. The van der Waals surface area contributed by atoms with Crippen molar-refractivity contribution in [3.8, 4) is 0 Å². The predicted molar refractivity (Wildman–Crippen MR) is 53.4 cm³/mol. The van der Waals surface area contributed by atoms with Gasteiger partial charge in [0, 0.05) is 19.8 Å². The molecule has 0 saturated carbocycles. The molecule has 2 aliphatic rings. The van der Waals surface area contributed by atoms with Gasteiger partial charge in [-0.1, -0.05) is 0 Å². The summed E-state index contributed by atoms with van der Waals surface area (Å²) in [5.41, 5.74) is -0.908. The zero-order chi connectivity index (χ0) is 12.0. The fourth-order valence-corrected chi connectivity index (χ4v) is 2.90. The van der Waals surface area contributed by atoms with Crippen LogP contribution in [-0.2, 0) is 23.3 Å². The molecule has 0 amide bonds. The lowest BCUT2D eigenvalue weighted by Gasteiger charge is -2.32. The van der Waals surface area contributed by atoms with Gasteiger partial charge < -0.3 is 28.2 Å². The highest BCUT2D eigenvalue weighted by Gasteiger charge is 2.61. The Kier molecular flexibility index (Phi) is 3.20. The quantitative estimate of drug-likeness (QED) is 0.461. The molecule has 0 aliphatic carbocycles. The van der Waals surface area contributed by atoms with Gasteiger partial charge in [-0.3, -0.25) is 0 Å². The molecular weight excluding hydrogens is 234 g/mol. The number of hydrogen-bond acceptors (Lipinski definition) is 6. The van der Waals surface area contributed by atoms with Crippen LogP contribution in [0.2, 0.25) is 0 Å². The number of fused-ring (bicyclic) bond motifs is 2. The van der Waals surface area contributed by atoms with Gasteiger partial charge in [0.15, 0.2) is 0 Å². The molecule has 0 N–H and O–H groups in total. The lowest BCUT2D eigenvalue weighted by atomic mass is 9.92. The summed E-state index contributed by atoms with van der Waals surface area (Å²) >= 11 is 0. The largest absolute Gasteiger partial charge is 0.779 e. The van der Waals surface area contributed by atoms with Crippen LogP contribution in [0.1, 0.15) is 0 Å². The second-order valence-electron chi connectivity index (χ2n) is 4.15. The van der Waals surface area contributed by atoms with E-state index in [-0.39, 0.29) is 13.2 Å². The Balaban J connectivity index is 2.19. The first-order valence-corrected chi connectivity index (χ1v) is 6.88. The third-order valence-corrected chi connectivity index (χ3v) is 3.34. The van der Waals surface area contributed by atoms with Crippen LogP contribution in [0.15, 0.2) is 0 Å². The van der Waals surface area contributed by atoms with Crippen LogP contribution < -0.4 is 4.89 Å². The van der Waals surface area contributed by atoms with Gasteiger partial charge in [0.1, 0.15) is 33.3 Å². The van der Waals surface area contributed by atoms with Crippen molar-refractivity contribution in [2.75, 3.05) is 27.0 Å². The Morgan fingerprint density at radius 2 is 2.38 bits per heavy atom. The second kappa shape index (κ2) is 4.08. The Labute approximate surface area is 95.1 Å². The molecule has 5 atom stereocenters. The average Bonchev–Trinajstić information content (AvgIpc) is 2.54. The highest BCUT2D eigenvalue weighted by molar-refractivity contribution is 7.50. The van der Waals surface area contributed by atoms with E-state index in [1.807, 2.05) is 0 Å². The van der Waals surface area contributed by atoms with Crippen molar-refractivity contribution in [1.82, 2.24) is 0 Å². The predicted octanol–water partition coefficient (Wildman–Crippen LogP) is -1.14. The first-order chi connectivity index (χ1) is 7.38. The SMILES string of the molecule is [B]C1OC2(COC)COC1[C@H]2OP(C)(=O)[O-]. The molecule has 0 spiro atoms. The van der Waals surface area contributed by atoms with Crippen molar-refractivity contribution < 1.29 is 28.2 Å². The Morgan fingerprint density at radius 1 is 1.69 bits per heavy atom. The van der Waals surface area contributed by atoms with Crippen LogP contribution in [0.5, 0.6) is 0 Å². The molecule has 4 unspecified atom stereocenters. The maximum Gasteiger partial charge on any atom is 0.143 e. The highest BCUT2D eigenvalue weighted by atomic mass is 31.2. The van der Waals surface area contributed by atoms with Crippen molar-refractivity contribution in [3.63, 3.8) is 0 Å². The number of hydrogen-bond donors (Lipinski definition) is 0. The van der Waals surface area contributed by atoms with Crippen LogP contribution in [0, 0.1) is 0 Å². The van der Waals surface area contributed by atoms with Crippen LogP contribution in [0.4, 0.5) is 0 Å². The van der Waals surface area contributed by atoms with E-state index in [9.17, 15) is 9.46 Å². The van der Waals surface area contributed by atoms with Gasteiger partial charge in [-0.25, -0.2) is 0 Å². The molecule has 2 rings (SSSR count). The van der Waals surface area contributed by atoms with Gasteiger partial charge >= 0.3 is 0 Å². The summed E-state index contributed by atoms with van der Waals surface area (Å²) in [4.78, 5) is 11.2. The zero-order valence-electron chi connectivity index (χ0n) is 9.12.